The molecule has 0 heterocycles. The average Bonchev–Trinajstić information content (AvgIpc) is 2.27. The van der Waals surface area contributed by atoms with Crippen LogP contribution in [0.1, 0.15) is 15.9 Å². The Bertz CT molecular complexity index is 326. The molecule has 15 heavy (non-hydrogen) atoms. The Morgan fingerprint density at radius 1 is 1.40 bits per heavy atom. The third kappa shape index (κ3) is 3.69. The van der Waals surface area contributed by atoms with Crippen LogP contribution >= 0.6 is 0 Å². The van der Waals surface area contributed by atoms with Gasteiger partial charge in [0, 0.05) is 18.7 Å². The molecule has 0 saturated heterocycles. The average molecular weight is 207 g/mol. The zero-order valence-electron chi connectivity index (χ0n) is 8.53. The highest BCUT2D eigenvalue weighted by Gasteiger charge is 2.04. The van der Waals surface area contributed by atoms with Gasteiger partial charge in [-0.1, -0.05) is 12.1 Å². The second-order valence-electron chi connectivity index (χ2n) is 3.20. The van der Waals surface area contributed by atoms with Crippen LogP contribution in [0.5, 0.6) is 0 Å². The lowest BCUT2D eigenvalue weighted by Crippen LogP contribution is -2.29. The predicted octanol–water partition coefficient (Wildman–Crippen LogP) is 0.348. The number of hydrogen-bond acceptors (Lipinski definition) is 2. The van der Waals surface area contributed by atoms with Gasteiger partial charge in [0.25, 0.3) is 5.91 Å². The normalized spacial score (nSPS) is 10.0. The smallest absolute Gasteiger partial charge is 0.251 e. The van der Waals surface area contributed by atoms with Crippen molar-refractivity contribution in [2.24, 2.45) is 5.73 Å². The van der Waals surface area contributed by atoms with E-state index >= 15 is 0 Å². The summed E-state index contributed by atoms with van der Waals surface area (Å²) >= 11 is 0. The molecule has 1 rings (SSSR count). The maximum atomic E-state index is 11.5. The van der Waals surface area contributed by atoms with Gasteiger partial charge < -0.3 is 11.1 Å². The molecule has 0 aliphatic heterocycles. The van der Waals surface area contributed by atoms with E-state index in [2.05, 4.69) is 5.32 Å². The molecule has 4 heteroatoms. The summed E-state index contributed by atoms with van der Waals surface area (Å²) in [5, 5.41) is 13.1. The number of amides is 1. The molecular formula is C11H15N2O2. The van der Waals surface area contributed by atoms with E-state index in [4.69, 9.17) is 5.73 Å². The maximum absolute atomic E-state index is 11.5. The minimum atomic E-state index is -0.159. The first kappa shape index (κ1) is 11.7. The van der Waals surface area contributed by atoms with Crippen LogP contribution < -0.4 is 11.1 Å². The van der Waals surface area contributed by atoms with Crippen molar-refractivity contribution in [3.05, 3.63) is 35.4 Å². The number of nitrogens with one attached hydrogen (secondary N) is 1. The quantitative estimate of drug-likeness (QED) is 0.731. The van der Waals surface area contributed by atoms with Crippen molar-refractivity contribution in [3.63, 3.8) is 0 Å². The Labute approximate surface area is 89.1 Å². The van der Waals surface area contributed by atoms with Crippen molar-refractivity contribution in [1.82, 2.24) is 5.32 Å². The van der Waals surface area contributed by atoms with Gasteiger partial charge in [0.2, 0.25) is 0 Å². The Kier molecular flexibility index (Phi) is 4.80. The highest BCUT2D eigenvalue weighted by Crippen LogP contribution is 2.05. The second kappa shape index (κ2) is 6.16. The highest BCUT2D eigenvalue weighted by molar-refractivity contribution is 5.94. The van der Waals surface area contributed by atoms with Gasteiger partial charge in [0.05, 0.1) is 6.61 Å². The molecule has 0 bridgehead atoms. The summed E-state index contributed by atoms with van der Waals surface area (Å²) in [7, 11) is 0. The molecule has 1 amide bonds. The second-order valence-corrected chi connectivity index (χ2v) is 3.20. The zero-order chi connectivity index (χ0) is 11.1. The van der Waals surface area contributed by atoms with Gasteiger partial charge in [0.15, 0.2) is 0 Å². The van der Waals surface area contributed by atoms with Crippen molar-refractivity contribution >= 4 is 5.91 Å². The van der Waals surface area contributed by atoms with Gasteiger partial charge in [-0.2, -0.15) is 0 Å². The summed E-state index contributed by atoms with van der Waals surface area (Å²) in [6.45, 7) is 0.727. The minimum Gasteiger partial charge on any atom is -0.351 e. The van der Waals surface area contributed by atoms with E-state index < -0.39 is 0 Å². The molecule has 4 nitrogen and oxygen atoms in total. The summed E-state index contributed by atoms with van der Waals surface area (Å²) < 4.78 is 0. The fraction of sp³-hybridized carbons (Fsp3) is 0.364. The van der Waals surface area contributed by atoms with Crippen LogP contribution in [0.25, 0.3) is 0 Å². The van der Waals surface area contributed by atoms with Gasteiger partial charge in [-0.15, -0.1) is 0 Å². The van der Waals surface area contributed by atoms with Crippen LogP contribution in [0.15, 0.2) is 24.3 Å². The molecule has 0 aliphatic carbocycles. The molecule has 0 saturated carbocycles. The maximum Gasteiger partial charge on any atom is 0.251 e. The molecular weight excluding hydrogens is 192 g/mol. The molecule has 0 unspecified atom stereocenters. The van der Waals surface area contributed by atoms with Gasteiger partial charge >= 0.3 is 0 Å². The van der Waals surface area contributed by atoms with E-state index in [0.717, 1.165) is 5.56 Å². The van der Waals surface area contributed by atoms with E-state index in [1.807, 2.05) is 6.07 Å². The topological polar surface area (TPSA) is 75.0 Å². The van der Waals surface area contributed by atoms with Crippen LogP contribution in [0, 0.1) is 0 Å². The lowest BCUT2D eigenvalue weighted by Gasteiger charge is -2.04. The molecule has 0 atom stereocenters. The largest absolute Gasteiger partial charge is 0.351 e. The molecule has 1 radical (unpaired) electrons. The Morgan fingerprint density at radius 2 is 2.20 bits per heavy atom. The van der Waals surface area contributed by atoms with E-state index in [-0.39, 0.29) is 12.5 Å². The summed E-state index contributed by atoms with van der Waals surface area (Å²) in [6.07, 6.45) is 0.456. The van der Waals surface area contributed by atoms with Gasteiger partial charge in [-0.05, 0) is 24.1 Å². The van der Waals surface area contributed by atoms with Gasteiger partial charge in [0.1, 0.15) is 0 Å². The Hall–Kier alpha value is -1.39. The van der Waals surface area contributed by atoms with Gasteiger partial charge in [-0.25, -0.2) is 5.11 Å². The van der Waals surface area contributed by atoms with Gasteiger partial charge in [-0.3, -0.25) is 4.79 Å². The monoisotopic (exact) mass is 207 g/mol. The predicted molar refractivity (Wildman–Crippen MR) is 57.1 cm³/mol. The van der Waals surface area contributed by atoms with E-state index in [0.29, 0.717) is 25.1 Å². The molecule has 81 valence electrons. The molecule has 1 aromatic rings. The van der Waals surface area contributed by atoms with Crippen molar-refractivity contribution in [2.75, 3.05) is 19.7 Å². The SMILES string of the molecule is NCCNC(=O)c1cccc(CC[O])c1. The van der Waals surface area contributed by atoms with Crippen LogP contribution in [0.2, 0.25) is 0 Å². The molecule has 0 spiro atoms. The third-order valence-corrected chi connectivity index (χ3v) is 2.01. The van der Waals surface area contributed by atoms with Crippen molar-refractivity contribution in [2.45, 2.75) is 6.42 Å². The van der Waals surface area contributed by atoms with Crippen molar-refractivity contribution in [1.29, 1.82) is 0 Å². The number of carbonyl (C=O) groups excluding carboxylic acids is 1. The first-order valence-corrected chi connectivity index (χ1v) is 4.93. The molecule has 0 aromatic heterocycles. The minimum absolute atomic E-state index is 0.145. The molecule has 3 N–H and O–H groups in total. The Balaban J connectivity index is 2.67. The number of nitrogens with two attached hydrogens (primary N) is 1. The van der Waals surface area contributed by atoms with Crippen LogP contribution in [-0.2, 0) is 11.5 Å². The van der Waals surface area contributed by atoms with Crippen molar-refractivity contribution in [3.8, 4) is 0 Å². The fourth-order valence-electron chi connectivity index (χ4n) is 1.27. The first-order valence-electron chi connectivity index (χ1n) is 4.93. The summed E-state index contributed by atoms with van der Waals surface area (Å²) in [4.78, 5) is 11.5. The summed E-state index contributed by atoms with van der Waals surface area (Å²) in [5.74, 6) is -0.145. The van der Waals surface area contributed by atoms with Crippen LogP contribution in [0.3, 0.4) is 0 Å². The van der Waals surface area contributed by atoms with Crippen LogP contribution in [-0.4, -0.2) is 25.6 Å². The number of hydrogen-bond donors (Lipinski definition) is 2. The lowest BCUT2D eigenvalue weighted by molar-refractivity contribution is 0.0954. The van der Waals surface area contributed by atoms with E-state index in [1.165, 1.54) is 0 Å². The zero-order valence-corrected chi connectivity index (χ0v) is 8.53. The fourth-order valence-corrected chi connectivity index (χ4v) is 1.27. The number of carbonyl (C=O) groups is 1. The third-order valence-electron chi connectivity index (χ3n) is 2.01. The van der Waals surface area contributed by atoms with Crippen LogP contribution in [0.4, 0.5) is 0 Å². The molecule has 0 fully saturated rings. The first-order chi connectivity index (χ1) is 7.27. The van der Waals surface area contributed by atoms with E-state index in [1.54, 1.807) is 18.2 Å². The highest BCUT2D eigenvalue weighted by atomic mass is 16.2. The Morgan fingerprint density at radius 3 is 2.87 bits per heavy atom. The number of benzene rings is 1. The number of rotatable bonds is 5. The standard InChI is InChI=1S/C11H15N2O2/c12-5-6-13-11(15)10-3-1-2-9(8-10)4-7-14/h1-3,8H,4-7,12H2,(H,13,15). The summed E-state index contributed by atoms with van der Waals surface area (Å²) in [5.41, 5.74) is 6.75. The summed E-state index contributed by atoms with van der Waals surface area (Å²) in [6, 6.07) is 7.09. The van der Waals surface area contributed by atoms with E-state index in [9.17, 15) is 9.90 Å². The molecule has 1 aromatic carbocycles. The molecule has 0 aliphatic rings. The van der Waals surface area contributed by atoms with Crippen molar-refractivity contribution < 1.29 is 9.90 Å². The lowest BCUT2D eigenvalue weighted by atomic mass is 10.1.